The van der Waals surface area contributed by atoms with Gasteiger partial charge >= 0.3 is 5.51 Å². The molecule has 0 amide bonds. The Hall–Kier alpha value is -0.190. The maximum atomic E-state index is 11.5. The molecule has 0 saturated heterocycles. The van der Waals surface area contributed by atoms with Crippen LogP contribution in [0.5, 0.6) is 0 Å². The van der Waals surface area contributed by atoms with Gasteiger partial charge in [-0.3, -0.25) is 4.79 Å². The van der Waals surface area contributed by atoms with Crippen LogP contribution in [0.1, 0.15) is 13.8 Å². The van der Waals surface area contributed by atoms with E-state index >= 15 is 0 Å². The number of ketones is 1. The van der Waals surface area contributed by atoms with Crippen LogP contribution in [-0.4, -0.2) is 17.0 Å². The number of hydrogen-bond acceptors (Lipinski definition) is 2. The van der Waals surface area contributed by atoms with E-state index in [4.69, 9.17) is 0 Å². The second-order valence-electron chi connectivity index (χ2n) is 2.36. The lowest BCUT2D eigenvalue weighted by molar-refractivity contribution is -0.119. The second-order valence-corrected chi connectivity index (χ2v) is 3.40. The summed E-state index contributed by atoms with van der Waals surface area (Å²) in [4.78, 5) is 10.7. The Morgan fingerprint density at radius 1 is 1.45 bits per heavy atom. The minimum Gasteiger partial charge on any atom is -0.298 e. The number of alkyl halides is 3. The fraction of sp³-hybridized carbons (Fsp3) is 0.833. The highest BCUT2D eigenvalue weighted by molar-refractivity contribution is 8.00. The number of Topliss-reactive ketones (excluding diaryl/α,β-unsaturated/α-hetero) is 1. The number of halogens is 3. The van der Waals surface area contributed by atoms with E-state index in [9.17, 15) is 18.0 Å². The van der Waals surface area contributed by atoms with Crippen molar-refractivity contribution in [1.29, 1.82) is 0 Å². The summed E-state index contributed by atoms with van der Waals surface area (Å²) < 4.78 is 34.5. The van der Waals surface area contributed by atoms with Gasteiger partial charge in [-0.1, -0.05) is 13.8 Å². The van der Waals surface area contributed by atoms with Crippen LogP contribution in [0, 0.1) is 5.92 Å². The van der Waals surface area contributed by atoms with E-state index in [0.29, 0.717) is 0 Å². The molecule has 0 spiro atoms. The van der Waals surface area contributed by atoms with Crippen molar-refractivity contribution in [2.75, 3.05) is 5.75 Å². The van der Waals surface area contributed by atoms with Crippen LogP contribution in [0.2, 0.25) is 0 Å². The van der Waals surface area contributed by atoms with Crippen molar-refractivity contribution in [3.63, 3.8) is 0 Å². The van der Waals surface area contributed by atoms with Gasteiger partial charge in [-0.05, 0) is 11.8 Å². The van der Waals surface area contributed by atoms with Crippen molar-refractivity contribution in [3.05, 3.63) is 0 Å². The quantitative estimate of drug-likeness (QED) is 0.673. The summed E-state index contributed by atoms with van der Waals surface area (Å²) >= 11 is -0.280. The molecule has 0 aliphatic heterocycles. The highest BCUT2D eigenvalue weighted by Gasteiger charge is 2.29. The van der Waals surface area contributed by atoms with Crippen LogP contribution in [0.4, 0.5) is 13.2 Å². The predicted octanol–water partition coefficient (Wildman–Crippen LogP) is 2.46. The van der Waals surface area contributed by atoms with E-state index in [1.165, 1.54) is 0 Å². The second kappa shape index (κ2) is 3.99. The maximum Gasteiger partial charge on any atom is 0.442 e. The van der Waals surface area contributed by atoms with Crippen LogP contribution >= 0.6 is 11.8 Å². The first-order chi connectivity index (χ1) is 4.83. The molecule has 0 aromatic rings. The van der Waals surface area contributed by atoms with Gasteiger partial charge in [-0.15, -0.1) is 0 Å². The van der Waals surface area contributed by atoms with Gasteiger partial charge in [0, 0.05) is 5.92 Å². The van der Waals surface area contributed by atoms with Crippen LogP contribution in [0.15, 0.2) is 0 Å². The van der Waals surface area contributed by atoms with E-state index < -0.39 is 11.3 Å². The molecule has 0 rings (SSSR count). The van der Waals surface area contributed by atoms with Crippen molar-refractivity contribution in [2.24, 2.45) is 5.92 Å². The molecule has 0 aliphatic carbocycles. The number of hydrogen-bond donors (Lipinski definition) is 0. The molecular formula is C6H9F3OS. The molecule has 0 saturated carbocycles. The molecule has 11 heavy (non-hydrogen) atoms. The van der Waals surface area contributed by atoms with Crippen molar-refractivity contribution in [2.45, 2.75) is 19.4 Å². The third-order valence-corrected chi connectivity index (χ3v) is 1.78. The molecule has 0 bridgehead atoms. The fourth-order valence-corrected chi connectivity index (χ4v) is 0.959. The van der Waals surface area contributed by atoms with Crippen molar-refractivity contribution in [3.8, 4) is 0 Å². The lowest BCUT2D eigenvalue weighted by Crippen LogP contribution is -2.13. The number of rotatable bonds is 3. The summed E-state index contributed by atoms with van der Waals surface area (Å²) in [7, 11) is 0. The van der Waals surface area contributed by atoms with E-state index in [0.717, 1.165) is 0 Å². The minimum absolute atomic E-state index is 0.280. The van der Waals surface area contributed by atoms with Crippen molar-refractivity contribution < 1.29 is 18.0 Å². The predicted molar refractivity (Wildman–Crippen MR) is 38.4 cm³/mol. The monoisotopic (exact) mass is 186 g/mol. The summed E-state index contributed by atoms with van der Waals surface area (Å²) in [5.41, 5.74) is -4.29. The average molecular weight is 186 g/mol. The highest BCUT2D eigenvalue weighted by Crippen LogP contribution is 2.30. The first kappa shape index (κ1) is 10.8. The molecule has 0 atom stereocenters. The normalized spacial score (nSPS) is 12.2. The van der Waals surface area contributed by atoms with E-state index in [1.54, 1.807) is 13.8 Å². The molecule has 1 nitrogen and oxygen atoms in total. The maximum absolute atomic E-state index is 11.5. The topological polar surface area (TPSA) is 17.1 Å². The average Bonchev–Trinajstić information content (AvgIpc) is 1.80. The molecule has 0 unspecified atom stereocenters. The van der Waals surface area contributed by atoms with Crippen molar-refractivity contribution in [1.82, 2.24) is 0 Å². The Labute approximate surface area is 67.3 Å². The SMILES string of the molecule is CC(C)C(=O)CSC(F)(F)F. The summed E-state index contributed by atoms with van der Waals surface area (Å²) in [6, 6.07) is 0. The number of carbonyl (C=O) groups is 1. The minimum atomic E-state index is -4.29. The Morgan fingerprint density at radius 3 is 2.18 bits per heavy atom. The van der Waals surface area contributed by atoms with E-state index in [2.05, 4.69) is 0 Å². The van der Waals surface area contributed by atoms with Crippen LogP contribution < -0.4 is 0 Å². The van der Waals surface area contributed by atoms with Gasteiger partial charge in [0.1, 0.15) is 5.78 Å². The third kappa shape index (κ3) is 6.22. The van der Waals surface area contributed by atoms with Gasteiger partial charge in [-0.25, -0.2) is 0 Å². The van der Waals surface area contributed by atoms with Gasteiger partial charge in [0.2, 0.25) is 0 Å². The molecule has 0 N–H and O–H groups in total. The lowest BCUT2D eigenvalue weighted by Gasteiger charge is -2.05. The molecule has 66 valence electrons. The molecule has 0 aromatic heterocycles. The standard InChI is InChI=1S/C6H9F3OS/c1-4(2)5(10)3-11-6(7,8)9/h4H,3H2,1-2H3. The summed E-state index contributed by atoms with van der Waals surface area (Å²) in [6.07, 6.45) is 0. The molecule has 0 aliphatic rings. The first-order valence-electron chi connectivity index (χ1n) is 3.06. The van der Waals surface area contributed by atoms with Crippen LogP contribution in [-0.2, 0) is 4.79 Å². The Morgan fingerprint density at radius 2 is 1.91 bits per heavy atom. The number of thioether (sulfide) groups is 1. The molecule has 5 heteroatoms. The highest BCUT2D eigenvalue weighted by atomic mass is 32.2. The number of carbonyl (C=O) groups excluding carboxylic acids is 1. The zero-order valence-electron chi connectivity index (χ0n) is 6.23. The van der Waals surface area contributed by atoms with Gasteiger partial charge in [0.25, 0.3) is 0 Å². The Balaban J connectivity index is 3.64. The van der Waals surface area contributed by atoms with Gasteiger partial charge in [0.15, 0.2) is 0 Å². The summed E-state index contributed by atoms with van der Waals surface area (Å²) in [6.45, 7) is 3.17. The molecule has 0 aromatic carbocycles. The lowest BCUT2D eigenvalue weighted by atomic mass is 10.1. The van der Waals surface area contributed by atoms with E-state index in [1.807, 2.05) is 0 Å². The third-order valence-electron chi connectivity index (χ3n) is 1.02. The first-order valence-corrected chi connectivity index (χ1v) is 4.05. The Bertz CT molecular complexity index is 141. The smallest absolute Gasteiger partial charge is 0.298 e. The molecular weight excluding hydrogens is 177 g/mol. The van der Waals surface area contributed by atoms with Gasteiger partial charge in [0.05, 0.1) is 5.75 Å². The van der Waals surface area contributed by atoms with Crippen LogP contribution in [0.25, 0.3) is 0 Å². The fourth-order valence-electron chi connectivity index (χ4n) is 0.320. The van der Waals surface area contributed by atoms with Gasteiger partial charge < -0.3 is 0 Å². The zero-order valence-corrected chi connectivity index (χ0v) is 7.05. The zero-order chi connectivity index (χ0) is 9.07. The van der Waals surface area contributed by atoms with Crippen LogP contribution in [0.3, 0.4) is 0 Å². The van der Waals surface area contributed by atoms with Gasteiger partial charge in [-0.2, -0.15) is 13.2 Å². The molecule has 0 heterocycles. The largest absolute Gasteiger partial charge is 0.442 e. The van der Waals surface area contributed by atoms with E-state index in [-0.39, 0.29) is 23.5 Å². The van der Waals surface area contributed by atoms with Crippen molar-refractivity contribution >= 4 is 17.5 Å². The Kier molecular flexibility index (Phi) is 3.92. The summed E-state index contributed by atoms with van der Waals surface area (Å²) in [5.74, 6) is -1.15. The summed E-state index contributed by atoms with van der Waals surface area (Å²) in [5, 5.41) is 0. The molecule has 0 fully saturated rings. The molecule has 0 radical (unpaired) electrons.